The van der Waals surface area contributed by atoms with Gasteiger partial charge in [0.05, 0.1) is 19.9 Å². The number of methoxy groups -OCH3 is 2. The molecule has 2 aromatic heterocycles. The number of fused-ring (bicyclic) bond motifs is 1. The van der Waals surface area contributed by atoms with Gasteiger partial charge < -0.3 is 19.7 Å². The van der Waals surface area contributed by atoms with Crippen LogP contribution in [0.5, 0.6) is 11.5 Å². The molecule has 31 heavy (non-hydrogen) atoms. The van der Waals surface area contributed by atoms with E-state index in [0.29, 0.717) is 33.5 Å². The molecule has 3 aromatic rings. The zero-order valence-electron chi connectivity index (χ0n) is 17.8. The highest BCUT2D eigenvalue weighted by Crippen LogP contribution is 2.30. The summed E-state index contributed by atoms with van der Waals surface area (Å²) in [7, 11) is 3.07. The third-order valence-corrected chi connectivity index (χ3v) is 6.39. The molecule has 164 valence electrons. The van der Waals surface area contributed by atoms with E-state index in [-0.39, 0.29) is 18.0 Å². The van der Waals surface area contributed by atoms with Gasteiger partial charge in [0.1, 0.15) is 29.1 Å². The number of piperidine rings is 1. The van der Waals surface area contributed by atoms with E-state index in [1.54, 1.807) is 25.3 Å². The molecule has 3 heterocycles. The number of rotatable bonds is 6. The van der Waals surface area contributed by atoms with E-state index >= 15 is 0 Å². The molecule has 1 N–H and O–H groups in total. The first-order chi connectivity index (χ1) is 15.0. The average Bonchev–Trinajstić information content (AvgIpc) is 3.21. The first-order valence-corrected chi connectivity index (χ1v) is 10.9. The van der Waals surface area contributed by atoms with Crippen LogP contribution in [0.4, 0.5) is 10.8 Å². The summed E-state index contributed by atoms with van der Waals surface area (Å²) < 4.78 is 12.2. The van der Waals surface area contributed by atoms with Crippen molar-refractivity contribution in [2.75, 3.05) is 37.5 Å². The van der Waals surface area contributed by atoms with Gasteiger partial charge in [-0.05, 0) is 30.9 Å². The van der Waals surface area contributed by atoms with Gasteiger partial charge in [-0.2, -0.15) is 4.98 Å². The van der Waals surface area contributed by atoms with Crippen molar-refractivity contribution in [3.63, 3.8) is 0 Å². The molecule has 1 saturated heterocycles. The number of aromatic nitrogens is 3. The number of nitrogens with zero attached hydrogens (tertiary/aromatic N) is 4. The highest BCUT2D eigenvalue weighted by Gasteiger charge is 2.21. The van der Waals surface area contributed by atoms with Gasteiger partial charge in [-0.15, -0.1) is 0 Å². The van der Waals surface area contributed by atoms with Crippen molar-refractivity contribution in [1.82, 2.24) is 14.5 Å². The smallest absolute Gasteiger partial charge is 0.273 e. The molecule has 1 aliphatic rings. The van der Waals surface area contributed by atoms with Crippen LogP contribution in [0, 0.1) is 5.92 Å². The molecule has 0 aliphatic carbocycles. The maximum Gasteiger partial charge on any atom is 0.273 e. The van der Waals surface area contributed by atoms with E-state index in [0.717, 1.165) is 24.6 Å². The summed E-state index contributed by atoms with van der Waals surface area (Å²) in [6.07, 6.45) is 3.70. The Hall–Kier alpha value is -3.14. The van der Waals surface area contributed by atoms with Crippen LogP contribution in [0.3, 0.4) is 0 Å². The number of thiazole rings is 1. The largest absolute Gasteiger partial charge is 0.497 e. The number of hydrogen-bond donors (Lipinski definition) is 1. The number of nitrogens with one attached hydrogen (secondary N) is 1. The van der Waals surface area contributed by atoms with E-state index in [1.807, 2.05) is 0 Å². The summed E-state index contributed by atoms with van der Waals surface area (Å²) in [5, 5.41) is 3.59. The predicted molar refractivity (Wildman–Crippen MR) is 120 cm³/mol. The average molecular weight is 444 g/mol. The van der Waals surface area contributed by atoms with Crippen molar-refractivity contribution < 1.29 is 14.3 Å². The molecule has 0 bridgehead atoms. The van der Waals surface area contributed by atoms with E-state index in [2.05, 4.69) is 27.1 Å². The van der Waals surface area contributed by atoms with E-state index < -0.39 is 0 Å². The summed E-state index contributed by atoms with van der Waals surface area (Å²) in [5.74, 6) is 1.33. The molecule has 0 radical (unpaired) electrons. The molecule has 1 aliphatic heterocycles. The van der Waals surface area contributed by atoms with Gasteiger partial charge in [0.15, 0.2) is 10.8 Å². The van der Waals surface area contributed by atoms with Gasteiger partial charge in [0.25, 0.3) is 5.56 Å². The van der Waals surface area contributed by atoms with Gasteiger partial charge >= 0.3 is 0 Å². The topological polar surface area (TPSA) is 98.6 Å². The number of ether oxygens (including phenoxy) is 2. The quantitative estimate of drug-likeness (QED) is 0.625. The Morgan fingerprint density at radius 2 is 2.16 bits per heavy atom. The molecule has 1 atom stereocenters. The normalized spacial score (nSPS) is 16.4. The number of anilines is 2. The van der Waals surface area contributed by atoms with E-state index in [9.17, 15) is 9.59 Å². The molecule has 0 saturated carbocycles. The van der Waals surface area contributed by atoms with Crippen LogP contribution in [-0.2, 0) is 11.3 Å². The van der Waals surface area contributed by atoms with Crippen molar-refractivity contribution >= 4 is 38.4 Å². The summed E-state index contributed by atoms with van der Waals surface area (Å²) >= 11 is 1.34. The van der Waals surface area contributed by atoms with Gasteiger partial charge in [-0.25, -0.2) is 4.98 Å². The fourth-order valence-corrected chi connectivity index (χ4v) is 4.70. The SMILES string of the molecule is COc1ccc(NC(=O)Cn2cnc3nc(N4CCC[C@@H](C)C4)sc3c2=O)c(OC)c1. The summed E-state index contributed by atoms with van der Waals surface area (Å²) in [6.45, 7) is 3.93. The van der Waals surface area contributed by atoms with Crippen molar-refractivity contribution in [1.29, 1.82) is 0 Å². The Bertz CT molecular complexity index is 1160. The van der Waals surface area contributed by atoms with Gasteiger partial charge in [0, 0.05) is 19.2 Å². The Labute approximate surface area is 183 Å². The second kappa shape index (κ2) is 8.93. The number of amides is 1. The molecule has 4 rings (SSSR count). The van der Waals surface area contributed by atoms with Crippen LogP contribution >= 0.6 is 11.3 Å². The number of benzene rings is 1. The predicted octanol–water partition coefficient (Wildman–Crippen LogP) is 2.75. The summed E-state index contributed by atoms with van der Waals surface area (Å²) in [4.78, 5) is 36.6. The highest BCUT2D eigenvalue weighted by molar-refractivity contribution is 7.22. The lowest BCUT2D eigenvalue weighted by Gasteiger charge is -2.30. The van der Waals surface area contributed by atoms with Crippen molar-refractivity contribution in [2.45, 2.75) is 26.3 Å². The fourth-order valence-electron chi connectivity index (χ4n) is 3.69. The minimum atomic E-state index is -0.360. The molecule has 1 amide bonds. The van der Waals surface area contributed by atoms with Gasteiger partial charge in [0.2, 0.25) is 5.91 Å². The summed E-state index contributed by atoms with van der Waals surface area (Å²) in [5.41, 5.74) is 0.655. The van der Waals surface area contributed by atoms with Crippen molar-refractivity contribution in [3.8, 4) is 11.5 Å². The molecule has 0 spiro atoms. The fraction of sp³-hybridized carbons (Fsp3) is 0.429. The zero-order valence-corrected chi connectivity index (χ0v) is 18.6. The lowest BCUT2D eigenvalue weighted by molar-refractivity contribution is -0.116. The second-order valence-electron chi connectivity index (χ2n) is 7.63. The summed E-state index contributed by atoms with van der Waals surface area (Å²) in [6, 6.07) is 5.09. The van der Waals surface area contributed by atoms with E-state index in [4.69, 9.17) is 9.47 Å². The molecular formula is C21H25N5O4S. The number of hydrogen-bond acceptors (Lipinski definition) is 8. The van der Waals surface area contributed by atoms with Crippen LogP contribution in [0.2, 0.25) is 0 Å². The van der Waals surface area contributed by atoms with Crippen LogP contribution in [0.25, 0.3) is 10.3 Å². The van der Waals surface area contributed by atoms with Crippen molar-refractivity contribution in [3.05, 3.63) is 34.9 Å². The first-order valence-electron chi connectivity index (χ1n) is 10.1. The van der Waals surface area contributed by atoms with Crippen LogP contribution in [0.1, 0.15) is 19.8 Å². The molecule has 1 aromatic carbocycles. The minimum absolute atomic E-state index is 0.162. The first kappa shape index (κ1) is 21.1. The Balaban J connectivity index is 1.53. The third kappa shape index (κ3) is 4.48. The standard InChI is InChI=1S/C21H25N5O4S/c1-13-5-4-8-25(10-13)21-24-19-18(31-21)20(28)26(12-22-19)11-17(27)23-15-7-6-14(29-2)9-16(15)30-3/h6-7,9,12-13H,4-5,8,10-11H2,1-3H3,(H,23,27)/t13-/m1/s1. The molecule has 10 heteroatoms. The lowest BCUT2D eigenvalue weighted by Crippen LogP contribution is -2.34. The highest BCUT2D eigenvalue weighted by atomic mass is 32.1. The van der Waals surface area contributed by atoms with Crippen molar-refractivity contribution in [2.24, 2.45) is 5.92 Å². The Morgan fingerprint density at radius 3 is 2.90 bits per heavy atom. The Kier molecular flexibility index (Phi) is 6.08. The number of carbonyl (C=O) groups is 1. The number of carbonyl (C=O) groups excluding carboxylic acids is 1. The Morgan fingerprint density at radius 1 is 1.32 bits per heavy atom. The lowest BCUT2D eigenvalue weighted by atomic mass is 10.0. The second-order valence-corrected chi connectivity index (χ2v) is 8.61. The monoisotopic (exact) mass is 443 g/mol. The van der Waals surface area contributed by atoms with Crippen LogP contribution in [0.15, 0.2) is 29.3 Å². The minimum Gasteiger partial charge on any atom is -0.497 e. The van der Waals surface area contributed by atoms with Gasteiger partial charge in [-0.3, -0.25) is 14.2 Å². The van der Waals surface area contributed by atoms with Crippen LogP contribution < -0.4 is 25.2 Å². The molecule has 9 nitrogen and oxygen atoms in total. The molecule has 0 unspecified atom stereocenters. The maximum atomic E-state index is 12.9. The molecule has 1 fully saturated rings. The molecular weight excluding hydrogens is 418 g/mol. The van der Waals surface area contributed by atoms with Gasteiger partial charge in [-0.1, -0.05) is 18.3 Å². The zero-order chi connectivity index (χ0) is 22.0. The third-order valence-electron chi connectivity index (χ3n) is 5.30. The maximum absolute atomic E-state index is 12.9. The van der Waals surface area contributed by atoms with Crippen LogP contribution in [-0.4, -0.2) is 47.8 Å². The van der Waals surface area contributed by atoms with E-state index in [1.165, 1.54) is 35.8 Å².